The number of hydrogen-bond acceptors (Lipinski definition) is 0. The van der Waals surface area contributed by atoms with Crippen LogP contribution in [0, 0.1) is 0 Å². The molecule has 0 bridgehead atoms. The average Bonchev–Trinajstić information content (AvgIpc) is 2.49. The van der Waals surface area contributed by atoms with Gasteiger partial charge in [-0.2, -0.15) is 8.78 Å². The molecule has 2 heteroatoms. The zero-order chi connectivity index (χ0) is 14.4. The maximum atomic E-state index is 13.3. The van der Waals surface area contributed by atoms with Gasteiger partial charge in [-0.1, -0.05) is 67.9 Å². The lowest BCUT2D eigenvalue weighted by Gasteiger charge is -2.12. The minimum absolute atomic E-state index is 0.173. The van der Waals surface area contributed by atoms with E-state index in [0.717, 1.165) is 24.0 Å². The molecule has 0 N–H and O–H groups in total. The molecule has 0 aromatic heterocycles. The van der Waals surface area contributed by atoms with Crippen LogP contribution in [0.5, 0.6) is 0 Å². The molecule has 0 saturated carbocycles. The predicted molar refractivity (Wildman–Crippen MR) is 80.5 cm³/mol. The van der Waals surface area contributed by atoms with Gasteiger partial charge in [0.05, 0.1) is 0 Å². The zero-order valence-corrected chi connectivity index (χ0v) is 11.6. The largest absolute Gasteiger partial charge is 0.274 e. The van der Waals surface area contributed by atoms with Crippen molar-refractivity contribution < 1.29 is 8.78 Å². The minimum atomic E-state index is -1.57. The Labute approximate surface area is 118 Å². The molecule has 0 nitrogen and oxygen atoms in total. The molecule has 20 heavy (non-hydrogen) atoms. The first kappa shape index (κ1) is 14.4. The van der Waals surface area contributed by atoms with E-state index in [1.807, 2.05) is 55.5 Å². The van der Waals surface area contributed by atoms with Crippen molar-refractivity contribution in [2.24, 2.45) is 0 Å². The topological polar surface area (TPSA) is 0 Å². The van der Waals surface area contributed by atoms with Crippen molar-refractivity contribution in [2.75, 3.05) is 0 Å². The molecule has 0 unspecified atom stereocenters. The van der Waals surface area contributed by atoms with E-state index in [2.05, 4.69) is 0 Å². The third-order valence-electron chi connectivity index (χ3n) is 3.35. The molecule has 0 aliphatic rings. The first-order chi connectivity index (χ1) is 9.74. The third-order valence-corrected chi connectivity index (χ3v) is 3.35. The average molecular weight is 272 g/mol. The van der Waals surface area contributed by atoms with Crippen molar-refractivity contribution in [1.82, 2.24) is 0 Å². The first-order valence-electron chi connectivity index (χ1n) is 6.93. The monoisotopic (exact) mass is 272 g/mol. The molecule has 2 aromatic carbocycles. The van der Waals surface area contributed by atoms with Crippen LogP contribution in [0.25, 0.3) is 16.7 Å². The van der Waals surface area contributed by atoms with E-state index in [1.54, 1.807) is 6.07 Å². The Morgan fingerprint density at radius 1 is 0.900 bits per heavy atom. The molecular formula is C18H18F2. The molecule has 0 fully saturated rings. The van der Waals surface area contributed by atoms with Gasteiger partial charge in [-0.25, -0.2) is 0 Å². The normalized spacial score (nSPS) is 10.3. The van der Waals surface area contributed by atoms with Crippen molar-refractivity contribution in [3.8, 4) is 11.1 Å². The Kier molecular flexibility index (Phi) is 5.05. The smallest absolute Gasteiger partial charge is 0.173 e. The fourth-order valence-electron chi connectivity index (χ4n) is 2.30. The van der Waals surface area contributed by atoms with Gasteiger partial charge in [0.1, 0.15) is 0 Å². The molecule has 0 spiro atoms. The van der Waals surface area contributed by atoms with Crippen LogP contribution in [0.2, 0.25) is 0 Å². The number of unbranched alkanes of at least 4 members (excludes halogenated alkanes) is 1. The first-order valence-corrected chi connectivity index (χ1v) is 6.93. The molecular weight excluding hydrogens is 254 g/mol. The molecule has 0 atom stereocenters. The molecule has 0 aliphatic heterocycles. The standard InChI is InChI=1S/C18H18F2/c1-2-3-11-17(18(19)20)16-13-8-7-12-15(16)14-9-5-4-6-10-14/h4-10,12-13H,2-3,11H2,1H3. The second kappa shape index (κ2) is 6.99. The van der Waals surface area contributed by atoms with Crippen molar-refractivity contribution in [3.63, 3.8) is 0 Å². The SMILES string of the molecule is CCCCC(=C(F)F)c1ccccc1-c1ccccc1. The van der Waals surface area contributed by atoms with Crippen LogP contribution in [0.1, 0.15) is 31.7 Å². The second-order valence-corrected chi connectivity index (χ2v) is 4.75. The fraction of sp³-hybridized carbons (Fsp3) is 0.222. The number of halogens is 2. The lowest BCUT2D eigenvalue weighted by molar-refractivity contribution is 0.422. The molecule has 104 valence electrons. The molecule has 0 amide bonds. The highest BCUT2D eigenvalue weighted by atomic mass is 19.3. The third kappa shape index (κ3) is 3.32. The number of allylic oxidation sites excluding steroid dienone is 1. The van der Waals surface area contributed by atoms with Crippen LogP contribution in [0.4, 0.5) is 8.78 Å². The molecule has 2 rings (SSSR count). The summed E-state index contributed by atoms with van der Waals surface area (Å²) in [6, 6.07) is 17.1. The highest BCUT2D eigenvalue weighted by molar-refractivity contribution is 5.81. The summed E-state index contributed by atoms with van der Waals surface area (Å²) in [5, 5.41) is 0. The lowest BCUT2D eigenvalue weighted by atomic mass is 9.92. The van der Waals surface area contributed by atoms with Crippen LogP contribution >= 0.6 is 0 Å². The summed E-state index contributed by atoms with van der Waals surface area (Å²) in [7, 11) is 0. The quantitative estimate of drug-likeness (QED) is 0.612. The fourth-order valence-corrected chi connectivity index (χ4v) is 2.30. The summed E-state index contributed by atoms with van der Waals surface area (Å²) >= 11 is 0. The Bertz CT molecular complexity index is 581. The van der Waals surface area contributed by atoms with E-state index in [0.29, 0.717) is 12.0 Å². The maximum absolute atomic E-state index is 13.3. The summed E-state index contributed by atoms with van der Waals surface area (Å²) < 4.78 is 26.6. The molecule has 0 heterocycles. The Morgan fingerprint density at radius 2 is 1.55 bits per heavy atom. The van der Waals surface area contributed by atoms with E-state index in [-0.39, 0.29) is 5.57 Å². The summed E-state index contributed by atoms with van der Waals surface area (Å²) in [5.41, 5.74) is 2.66. The van der Waals surface area contributed by atoms with Gasteiger partial charge in [-0.3, -0.25) is 0 Å². The van der Waals surface area contributed by atoms with Gasteiger partial charge in [-0.05, 0) is 29.5 Å². The molecule has 0 radical (unpaired) electrons. The Balaban J connectivity index is 2.49. The second-order valence-electron chi connectivity index (χ2n) is 4.75. The van der Waals surface area contributed by atoms with Crippen LogP contribution in [-0.2, 0) is 0 Å². The highest BCUT2D eigenvalue weighted by Crippen LogP contribution is 2.34. The van der Waals surface area contributed by atoms with E-state index < -0.39 is 6.08 Å². The molecule has 0 aliphatic carbocycles. The van der Waals surface area contributed by atoms with Crippen LogP contribution < -0.4 is 0 Å². The zero-order valence-electron chi connectivity index (χ0n) is 11.6. The summed E-state index contributed by atoms with van der Waals surface area (Å²) in [5.74, 6) is 0. The molecule has 2 aromatic rings. The van der Waals surface area contributed by atoms with Crippen LogP contribution in [-0.4, -0.2) is 0 Å². The van der Waals surface area contributed by atoms with Gasteiger partial charge in [0.15, 0.2) is 0 Å². The van der Waals surface area contributed by atoms with Crippen LogP contribution in [0.3, 0.4) is 0 Å². The summed E-state index contributed by atoms with van der Waals surface area (Å²) in [6.45, 7) is 2.01. The highest BCUT2D eigenvalue weighted by Gasteiger charge is 2.13. The van der Waals surface area contributed by atoms with E-state index in [9.17, 15) is 8.78 Å². The van der Waals surface area contributed by atoms with Crippen LogP contribution in [0.15, 0.2) is 60.7 Å². The van der Waals surface area contributed by atoms with Crippen molar-refractivity contribution in [3.05, 3.63) is 66.2 Å². The van der Waals surface area contributed by atoms with Gasteiger partial charge >= 0.3 is 0 Å². The number of benzene rings is 2. The van der Waals surface area contributed by atoms with Gasteiger partial charge in [0, 0.05) is 5.57 Å². The predicted octanol–water partition coefficient (Wildman–Crippen LogP) is 6.15. The van der Waals surface area contributed by atoms with E-state index in [4.69, 9.17) is 0 Å². The van der Waals surface area contributed by atoms with Gasteiger partial charge < -0.3 is 0 Å². The van der Waals surface area contributed by atoms with Crippen molar-refractivity contribution in [2.45, 2.75) is 26.2 Å². The maximum Gasteiger partial charge on any atom is 0.274 e. The van der Waals surface area contributed by atoms with E-state index >= 15 is 0 Å². The van der Waals surface area contributed by atoms with Gasteiger partial charge in [0.25, 0.3) is 6.08 Å². The molecule has 0 saturated heterocycles. The lowest BCUT2D eigenvalue weighted by Crippen LogP contribution is -1.91. The van der Waals surface area contributed by atoms with Crippen molar-refractivity contribution in [1.29, 1.82) is 0 Å². The number of rotatable bonds is 5. The minimum Gasteiger partial charge on any atom is -0.173 e. The van der Waals surface area contributed by atoms with E-state index in [1.165, 1.54) is 0 Å². The number of hydrogen-bond donors (Lipinski definition) is 0. The Morgan fingerprint density at radius 3 is 2.20 bits per heavy atom. The van der Waals surface area contributed by atoms with Gasteiger partial charge in [0.2, 0.25) is 0 Å². The van der Waals surface area contributed by atoms with Crippen molar-refractivity contribution >= 4 is 5.57 Å². The summed E-state index contributed by atoms with van der Waals surface area (Å²) in [4.78, 5) is 0. The Hall–Kier alpha value is -1.96. The summed E-state index contributed by atoms with van der Waals surface area (Å²) in [6.07, 6.45) is 0.532. The van der Waals surface area contributed by atoms with Gasteiger partial charge in [-0.15, -0.1) is 0 Å².